The first-order valence-corrected chi connectivity index (χ1v) is 9.86. The largest absolute Gasteiger partial charge is 0.493 e. The van der Waals surface area contributed by atoms with Gasteiger partial charge < -0.3 is 25.0 Å². The lowest BCUT2D eigenvalue weighted by Crippen LogP contribution is -2.39. The Kier molecular flexibility index (Phi) is 13.7. The maximum atomic E-state index is 5.43. The second-order valence-electron chi connectivity index (χ2n) is 5.73. The maximum absolute atomic E-state index is 5.43. The fraction of sp³-hybridized carbons (Fsp3) is 0.611. The molecule has 150 valence electrons. The lowest BCUT2D eigenvalue weighted by molar-refractivity contribution is 0.303. The van der Waals surface area contributed by atoms with Crippen LogP contribution in [0.15, 0.2) is 23.2 Å². The van der Waals surface area contributed by atoms with Crippen LogP contribution in [-0.4, -0.2) is 70.8 Å². The van der Waals surface area contributed by atoms with Crippen LogP contribution >= 0.6 is 35.7 Å². The molecule has 8 heteroatoms. The molecule has 1 unspecified atom stereocenters. The molecular weight excluding hydrogens is 463 g/mol. The fourth-order valence-electron chi connectivity index (χ4n) is 2.42. The van der Waals surface area contributed by atoms with Gasteiger partial charge in [-0.3, -0.25) is 4.99 Å². The van der Waals surface area contributed by atoms with Crippen LogP contribution in [0.3, 0.4) is 0 Å². The minimum Gasteiger partial charge on any atom is -0.493 e. The molecule has 0 heterocycles. The smallest absolute Gasteiger partial charge is 0.191 e. The number of rotatable bonds is 10. The summed E-state index contributed by atoms with van der Waals surface area (Å²) in [6.07, 6.45) is 2.10. The number of nitrogens with zero attached hydrogens (tertiary/aromatic N) is 2. The van der Waals surface area contributed by atoms with E-state index in [4.69, 9.17) is 14.5 Å². The van der Waals surface area contributed by atoms with Crippen LogP contribution in [0.5, 0.6) is 11.5 Å². The molecule has 1 aromatic carbocycles. The highest BCUT2D eigenvalue weighted by atomic mass is 127. The Morgan fingerprint density at radius 2 is 1.88 bits per heavy atom. The van der Waals surface area contributed by atoms with Gasteiger partial charge in [0.1, 0.15) is 0 Å². The van der Waals surface area contributed by atoms with E-state index in [-0.39, 0.29) is 30.0 Å². The number of guanidine groups is 1. The average Bonchev–Trinajstić information content (AvgIpc) is 2.61. The molecule has 6 nitrogen and oxygen atoms in total. The molecule has 1 aromatic rings. The van der Waals surface area contributed by atoms with Gasteiger partial charge in [-0.15, -0.1) is 24.0 Å². The van der Waals surface area contributed by atoms with Crippen LogP contribution in [-0.2, 0) is 0 Å². The molecule has 0 saturated heterocycles. The molecule has 26 heavy (non-hydrogen) atoms. The van der Waals surface area contributed by atoms with Gasteiger partial charge in [0.15, 0.2) is 17.5 Å². The number of ether oxygens (including phenoxy) is 2. The summed E-state index contributed by atoms with van der Waals surface area (Å²) in [4.78, 5) is 6.92. The number of aliphatic imine (C=N–C) groups is 1. The number of halogens is 1. The summed E-state index contributed by atoms with van der Waals surface area (Å²) >= 11 is 1.82. The van der Waals surface area contributed by atoms with E-state index in [0.717, 1.165) is 41.9 Å². The van der Waals surface area contributed by atoms with Gasteiger partial charge in [-0.1, -0.05) is 6.07 Å². The third-order valence-corrected chi connectivity index (χ3v) is 4.39. The van der Waals surface area contributed by atoms with Gasteiger partial charge in [0, 0.05) is 18.8 Å². The molecule has 0 fully saturated rings. The summed E-state index contributed by atoms with van der Waals surface area (Å²) in [6.45, 7) is 4.46. The lowest BCUT2D eigenvalue weighted by Gasteiger charge is -2.24. The monoisotopic (exact) mass is 496 g/mol. The Labute approximate surface area is 179 Å². The second kappa shape index (κ2) is 14.2. The summed E-state index contributed by atoms with van der Waals surface area (Å²) in [5, 5.41) is 6.66. The van der Waals surface area contributed by atoms with E-state index in [1.54, 1.807) is 14.2 Å². The molecule has 0 aromatic heterocycles. The molecule has 0 saturated carbocycles. The van der Waals surface area contributed by atoms with Gasteiger partial charge in [-0.2, -0.15) is 11.8 Å². The summed E-state index contributed by atoms with van der Waals surface area (Å²) in [5.41, 5.74) is 1.14. The number of hydrogen-bond donors (Lipinski definition) is 2. The van der Waals surface area contributed by atoms with Crippen LogP contribution in [0.4, 0.5) is 0 Å². The van der Waals surface area contributed by atoms with E-state index >= 15 is 0 Å². The highest BCUT2D eigenvalue weighted by Gasteiger charge is 2.16. The predicted octanol–water partition coefficient (Wildman–Crippen LogP) is 2.84. The van der Waals surface area contributed by atoms with Gasteiger partial charge in [-0.05, 0) is 45.0 Å². The zero-order valence-electron chi connectivity index (χ0n) is 16.7. The van der Waals surface area contributed by atoms with Gasteiger partial charge in [0.05, 0.1) is 26.8 Å². The van der Waals surface area contributed by atoms with Crippen molar-refractivity contribution in [1.82, 2.24) is 15.5 Å². The van der Waals surface area contributed by atoms with Crippen molar-refractivity contribution < 1.29 is 9.47 Å². The molecule has 0 aliphatic carbocycles. The van der Waals surface area contributed by atoms with Crippen molar-refractivity contribution in [3.05, 3.63) is 23.8 Å². The molecule has 0 radical (unpaired) electrons. The highest BCUT2D eigenvalue weighted by molar-refractivity contribution is 14.0. The van der Waals surface area contributed by atoms with Crippen molar-refractivity contribution in [3.8, 4) is 11.5 Å². The number of hydrogen-bond acceptors (Lipinski definition) is 5. The van der Waals surface area contributed by atoms with Crippen molar-refractivity contribution >= 4 is 41.7 Å². The van der Waals surface area contributed by atoms with Crippen molar-refractivity contribution in [2.45, 2.75) is 13.0 Å². The summed E-state index contributed by atoms with van der Waals surface area (Å²) in [5.74, 6) is 3.38. The number of thioether (sulfide) groups is 1. The van der Waals surface area contributed by atoms with Crippen molar-refractivity contribution in [2.75, 3.05) is 60.0 Å². The van der Waals surface area contributed by atoms with E-state index in [1.807, 2.05) is 23.9 Å². The van der Waals surface area contributed by atoms with Crippen LogP contribution in [0.25, 0.3) is 0 Å². The highest BCUT2D eigenvalue weighted by Crippen LogP contribution is 2.31. The summed E-state index contributed by atoms with van der Waals surface area (Å²) in [7, 11) is 7.42. The fourth-order valence-corrected chi connectivity index (χ4v) is 2.72. The quantitative estimate of drug-likeness (QED) is 0.225. The molecular formula is C18H33IN4O2S. The first kappa shape index (κ1) is 25.1. The Hall–Kier alpha value is -0.870. The zero-order chi connectivity index (χ0) is 18.7. The van der Waals surface area contributed by atoms with Gasteiger partial charge in [0.25, 0.3) is 0 Å². The normalized spacial score (nSPS) is 12.3. The summed E-state index contributed by atoms with van der Waals surface area (Å²) in [6, 6.07) is 6.18. The van der Waals surface area contributed by atoms with Crippen LogP contribution in [0, 0.1) is 0 Å². The molecule has 1 rings (SSSR count). The summed E-state index contributed by atoms with van der Waals surface area (Å²) < 4.78 is 10.8. The van der Waals surface area contributed by atoms with E-state index < -0.39 is 0 Å². The third-order valence-electron chi connectivity index (χ3n) is 3.78. The van der Waals surface area contributed by atoms with Crippen LogP contribution in [0.1, 0.15) is 18.5 Å². The molecule has 2 N–H and O–H groups in total. The zero-order valence-corrected chi connectivity index (χ0v) is 19.8. The third kappa shape index (κ3) is 8.22. The van der Waals surface area contributed by atoms with Crippen LogP contribution in [0.2, 0.25) is 0 Å². The number of nitrogens with one attached hydrogen (secondary N) is 2. The Bertz CT molecular complexity index is 544. The maximum Gasteiger partial charge on any atom is 0.191 e. The molecule has 0 spiro atoms. The molecule has 0 bridgehead atoms. The van der Waals surface area contributed by atoms with E-state index in [1.165, 1.54) is 0 Å². The van der Waals surface area contributed by atoms with E-state index in [9.17, 15) is 0 Å². The molecule has 0 amide bonds. The first-order chi connectivity index (χ1) is 12.1. The van der Waals surface area contributed by atoms with E-state index in [2.05, 4.69) is 48.9 Å². The average molecular weight is 496 g/mol. The van der Waals surface area contributed by atoms with E-state index in [0.29, 0.717) is 6.54 Å². The number of likely N-dealkylation sites (N-methyl/N-ethyl adjacent to an activating group) is 1. The molecule has 1 atom stereocenters. The first-order valence-electron chi connectivity index (χ1n) is 8.46. The number of benzene rings is 1. The van der Waals surface area contributed by atoms with Crippen molar-refractivity contribution in [2.24, 2.45) is 4.99 Å². The van der Waals surface area contributed by atoms with Crippen molar-refractivity contribution in [3.63, 3.8) is 0 Å². The standard InChI is InChI=1S/C18H32N4O2S.HI/c1-7-19-18(20-10-11-25-6)21-13-15(22(2)3)14-8-9-16(23-4)17(12-14)24-5;/h8-9,12,15H,7,10-11,13H2,1-6H3,(H2,19,20,21);1H. The van der Waals surface area contributed by atoms with Gasteiger partial charge in [0.2, 0.25) is 0 Å². The van der Waals surface area contributed by atoms with Crippen molar-refractivity contribution in [1.29, 1.82) is 0 Å². The predicted molar refractivity (Wildman–Crippen MR) is 124 cm³/mol. The van der Waals surface area contributed by atoms with Crippen LogP contribution < -0.4 is 20.1 Å². The SMILES string of the molecule is CCNC(=NCC(c1ccc(OC)c(OC)c1)N(C)C)NCCSC.I. The minimum absolute atomic E-state index is 0. The van der Waals surface area contributed by atoms with Gasteiger partial charge in [-0.25, -0.2) is 0 Å². The Morgan fingerprint density at radius 1 is 1.19 bits per heavy atom. The topological polar surface area (TPSA) is 58.1 Å². The molecule has 0 aliphatic rings. The van der Waals surface area contributed by atoms with Gasteiger partial charge >= 0.3 is 0 Å². The Morgan fingerprint density at radius 3 is 2.42 bits per heavy atom. The Balaban J connectivity index is 0.00000625. The minimum atomic E-state index is 0. The number of methoxy groups -OCH3 is 2. The lowest BCUT2D eigenvalue weighted by atomic mass is 10.1. The molecule has 0 aliphatic heterocycles. The second-order valence-corrected chi connectivity index (χ2v) is 6.72.